The molecule has 1 amide bonds. The Kier molecular flexibility index (Phi) is 6.40. The number of esters is 1. The Morgan fingerprint density at radius 3 is 2.55 bits per heavy atom. The lowest BCUT2D eigenvalue weighted by molar-refractivity contribution is -0.151. The number of rotatable bonds is 6. The standard InChI is InChI=1S/C17H24N2O3/c1-2-22-17(21)15-8-10-19(11-9-15)16(20)13-18-12-14-6-4-3-5-7-14/h3-7,15,18H,2,8-13H2,1H3. The van der Waals surface area contributed by atoms with E-state index in [1.165, 1.54) is 0 Å². The Balaban J connectivity index is 1.68. The van der Waals surface area contributed by atoms with Gasteiger partial charge < -0.3 is 15.0 Å². The number of piperidine rings is 1. The van der Waals surface area contributed by atoms with Gasteiger partial charge in [0.2, 0.25) is 5.91 Å². The van der Waals surface area contributed by atoms with E-state index in [0.717, 1.165) is 5.56 Å². The molecule has 1 aromatic carbocycles. The summed E-state index contributed by atoms with van der Waals surface area (Å²) in [4.78, 5) is 25.6. The molecule has 1 heterocycles. The summed E-state index contributed by atoms with van der Waals surface area (Å²) in [6.07, 6.45) is 1.40. The van der Waals surface area contributed by atoms with Gasteiger partial charge in [-0.1, -0.05) is 30.3 Å². The van der Waals surface area contributed by atoms with E-state index in [1.807, 2.05) is 42.2 Å². The molecule has 5 heteroatoms. The lowest BCUT2D eigenvalue weighted by Crippen LogP contribution is -2.44. The van der Waals surface area contributed by atoms with E-state index in [9.17, 15) is 9.59 Å². The fourth-order valence-corrected chi connectivity index (χ4v) is 2.65. The van der Waals surface area contributed by atoms with Crippen molar-refractivity contribution in [3.8, 4) is 0 Å². The molecule has 22 heavy (non-hydrogen) atoms. The van der Waals surface area contributed by atoms with Crippen LogP contribution in [0.5, 0.6) is 0 Å². The largest absolute Gasteiger partial charge is 0.466 e. The summed E-state index contributed by atoms with van der Waals surface area (Å²) >= 11 is 0. The average molecular weight is 304 g/mol. The maximum atomic E-state index is 12.1. The van der Waals surface area contributed by atoms with Crippen molar-refractivity contribution in [3.05, 3.63) is 35.9 Å². The first-order valence-electron chi connectivity index (χ1n) is 7.89. The van der Waals surface area contributed by atoms with Crippen molar-refractivity contribution in [1.29, 1.82) is 0 Å². The summed E-state index contributed by atoms with van der Waals surface area (Å²) in [7, 11) is 0. The molecule has 0 atom stereocenters. The molecule has 1 N–H and O–H groups in total. The lowest BCUT2D eigenvalue weighted by Gasteiger charge is -2.31. The fraction of sp³-hybridized carbons (Fsp3) is 0.529. The number of benzene rings is 1. The second kappa shape index (κ2) is 8.54. The van der Waals surface area contributed by atoms with Crippen LogP contribution in [0.15, 0.2) is 30.3 Å². The van der Waals surface area contributed by atoms with Crippen molar-refractivity contribution < 1.29 is 14.3 Å². The van der Waals surface area contributed by atoms with Crippen LogP contribution in [0.25, 0.3) is 0 Å². The smallest absolute Gasteiger partial charge is 0.309 e. The molecule has 0 unspecified atom stereocenters. The second-order valence-electron chi connectivity index (χ2n) is 5.50. The predicted octanol–water partition coefficient (Wildman–Crippen LogP) is 1.58. The fourth-order valence-electron chi connectivity index (χ4n) is 2.65. The Labute approximate surface area is 131 Å². The highest BCUT2D eigenvalue weighted by Gasteiger charge is 2.27. The topological polar surface area (TPSA) is 58.6 Å². The van der Waals surface area contributed by atoms with Gasteiger partial charge in [-0.2, -0.15) is 0 Å². The number of carbonyl (C=O) groups is 2. The van der Waals surface area contributed by atoms with Crippen LogP contribution in [0.1, 0.15) is 25.3 Å². The molecule has 1 aliphatic rings. The quantitative estimate of drug-likeness (QED) is 0.811. The van der Waals surface area contributed by atoms with Gasteiger partial charge in [0.25, 0.3) is 0 Å². The molecule has 0 saturated carbocycles. The van der Waals surface area contributed by atoms with Crippen molar-refractivity contribution in [1.82, 2.24) is 10.2 Å². The maximum Gasteiger partial charge on any atom is 0.309 e. The number of hydrogen-bond donors (Lipinski definition) is 1. The second-order valence-corrected chi connectivity index (χ2v) is 5.50. The normalized spacial score (nSPS) is 15.6. The number of ether oxygens (including phenoxy) is 1. The minimum atomic E-state index is -0.128. The van der Waals surface area contributed by atoms with Gasteiger partial charge in [0.15, 0.2) is 0 Å². The number of likely N-dealkylation sites (tertiary alicyclic amines) is 1. The van der Waals surface area contributed by atoms with Crippen LogP contribution < -0.4 is 5.32 Å². The predicted molar refractivity (Wildman–Crippen MR) is 84.1 cm³/mol. The lowest BCUT2D eigenvalue weighted by atomic mass is 9.97. The van der Waals surface area contributed by atoms with E-state index >= 15 is 0 Å². The molecule has 1 aromatic rings. The first-order valence-corrected chi connectivity index (χ1v) is 7.89. The van der Waals surface area contributed by atoms with Gasteiger partial charge in [0, 0.05) is 19.6 Å². The molecule has 1 fully saturated rings. The molecule has 1 aliphatic heterocycles. The number of carbonyl (C=O) groups excluding carboxylic acids is 2. The molecule has 0 radical (unpaired) electrons. The number of hydrogen-bond acceptors (Lipinski definition) is 4. The number of amides is 1. The van der Waals surface area contributed by atoms with Gasteiger partial charge >= 0.3 is 5.97 Å². The van der Waals surface area contributed by atoms with E-state index in [1.54, 1.807) is 0 Å². The summed E-state index contributed by atoms with van der Waals surface area (Å²) < 4.78 is 5.04. The Hall–Kier alpha value is -1.88. The Morgan fingerprint density at radius 2 is 1.91 bits per heavy atom. The van der Waals surface area contributed by atoms with Crippen LogP contribution in [0, 0.1) is 5.92 Å². The van der Waals surface area contributed by atoms with Gasteiger partial charge in [0.1, 0.15) is 0 Å². The van der Waals surface area contributed by atoms with Crippen molar-refractivity contribution in [3.63, 3.8) is 0 Å². The Morgan fingerprint density at radius 1 is 1.23 bits per heavy atom. The van der Waals surface area contributed by atoms with Gasteiger partial charge in [-0.15, -0.1) is 0 Å². The van der Waals surface area contributed by atoms with Crippen molar-refractivity contribution in [2.75, 3.05) is 26.2 Å². The van der Waals surface area contributed by atoms with Gasteiger partial charge in [-0.3, -0.25) is 9.59 Å². The number of nitrogens with one attached hydrogen (secondary N) is 1. The SMILES string of the molecule is CCOC(=O)C1CCN(C(=O)CNCc2ccccc2)CC1. The van der Waals surface area contributed by atoms with E-state index in [2.05, 4.69) is 5.32 Å². The van der Waals surface area contributed by atoms with Gasteiger partial charge in [-0.25, -0.2) is 0 Å². The van der Waals surface area contributed by atoms with Crippen LogP contribution in [-0.2, 0) is 20.9 Å². The monoisotopic (exact) mass is 304 g/mol. The van der Waals surface area contributed by atoms with Crippen molar-refractivity contribution >= 4 is 11.9 Å². The zero-order valence-corrected chi connectivity index (χ0v) is 13.1. The molecule has 0 aromatic heterocycles. The molecular weight excluding hydrogens is 280 g/mol. The average Bonchev–Trinajstić information content (AvgIpc) is 2.56. The van der Waals surface area contributed by atoms with Crippen LogP contribution >= 0.6 is 0 Å². The van der Waals surface area contributed by atoms with Crippen LogP contribution in [0.3, 0.4) is 0 Å². The first kappa shape index (κ1) is 16.5. The third kappa shape index (κ3) is 4.84. The molecule has 0 aliphatic carbocycles. The third-order valence-electron chi connectivity index (χ3n) is 3.92. The highest BCUT2D eigenvalue weighted by Crippen LogP contribution is 2.18. The summed E-state index contributed by atoms with van der Waals surface area (Å²) in [6, 6.07) is 10.0. The third-order valence-corrected chi connectivity index (χ3v) is 3.92. The van der Waals surface area contributed by atoms with E-state index in [0.29, 0.717) is 45.6 Å². The maximum absolute atomic E-state index is 12.1. The van der Waals surface area contributed by atoms with E-state index < -0.39 is 0 Å². The molecular formula is C17H24N2O3. The minimum Gasteiger partial charge on any atom is -0.466 e. The number of nitrogens with zero attached hydrogens (tertiary/aromatic N) is 1. The van der Waals surface area contributed by atoms with Crippen LogP contribution in [0.2, 0.25) is 0 Å². The highest BCUT2D eigenvalue weighted by atomic mass is 16.5. The summed E-state index contributed by atoms with van der Waals surface area (Å²) in [5.41, 5.74) is 1.16. The molecule has 2 rings (SSSR count). The zero-order chi connectivity index (χ0) is 15.8. The van der Waals surface area contributed by atoms with Crippen LogP contribution in [-0.4, -0.2) is 43.0 Å². The van der Waals surface area contributed by atoms with Crippen molar-refractivity contribution in [2.24, 2.45) is 5.92 Å². The first-order chi connectivity index (χ1) is 10.7. The van der Waals surface area contributed by atoms with Gasteiger partial charge in [0.05, 0.1) is 19.1 Å². The Bertz CT molecular complexity index is 482. The molecule has 120 valence electrons. The molecule has 1 saturated heterocycles. The zero-order valence-electron chi connectivity index (χ0n) is 13.1. The van der Waals surface area contributed by atoms with E-state index in [-0.39, 0.29) is 17.8 Å². The summed E-state index contributed by atoms with van der Waals surface area (Å²) in [5.74, 6) is -0.0867. The summed E-state index contributed by atoms with van der Waals surface area (Å²) in [5, 5.41) is 3.17. The minimum absolute atomic E-state index is 0.0544. The highest BCUT2D eigenvalue weighted by molar-refractivity contribution is 5.79. The van der Waals surface area contributed by atoms with Crippen molar-refractivity contribution in [2.45, 2.75) is 26.3 Å². The molecule has 0 bridgehead atoms. The van der Waals surface area contributed by atoms with Crippen LogP contribution in [0.4, 0.5) is 0 Å². The van der Waals surface area contributed by atoms with E-state index in [4.69, 9.17) is 4.74 Å². The molecule has 5 nitrogen and oxygen atoms in total. The van der Waals surface area contributed by atoms with Gasteiger partial charge in [-0.05, 0) is 25.3 Å². The molecule has 0 spiro atoms. The summed E-state index contributed by atoms with van der Waals surface area (Å²) in [6.45, 7) is 4.52.